The van der Waals surface area contributed by atoms with Gasteiger partial charge in [-0.25, -0.2) is 0 Å². The lowest BCUT2D eigenvalue weighted by molar-refractivity contribution is -0.117. The summed E-state index contributed by atoms with van der Waals surface area (Å²) in [5, 5.41) is 2.77. The Kier molecular flexibility index (Phi) is 9.91. The van der Waals surface area contributed by atoms with Gasteiger partial charge in [0, 0.05) is 6.42 Å². The molecule has 2 heteroatoms. The Labute approximate surface area is 94.8 Å². The molecule has 0 heterocycles. The fourth-order valence-electron chi connectivity index (χ4n) is 1.92. The van der Waals surface area contributed by atoms with Gasteiger partial charge in [0.1, 0.15) is 5.78 Å². The molecule has 0 aliphatic heterocycles. The zero-order chi connectivity index (χ0) is 11.5. The molecule has 0 aromatic heterocycles. The van der Waals surface area contributed by atoms with Crippen LogP contribution in [0.5, 0.6) is 0 Å². The van der Waals surface area contributed by atoms with Crippen LogP contribution in [-0.4, -0.2) is 19.4 Å². The van der Waals surface area contributed by atoms with Crippen molar-refractivity contribution in [3.05, 3.63) is 0 Å². The highest BCUT2D eigenvalue weighted by Gasteiger charge is 2.09. The number of rotatable bonds is 4. The average Bonchev–Trinajstić information content (AvgIpc) is 2.31. The molecule has 1 N–H and O–H groups in total. The van der Waals surface area contributed by atoms with Crippen molar-refractivity contribution in [3.8, 4) is 0 Å². The minimum Gasteiger partial charge on any atom is -0.313 e. The van der Waals surface area contributed by atoms with Gasteiger partial charge in [0.2, 0.25) is 0 Å². The number of likely N-dealkylation sites (N-methyl/N-ethyl adjacent to an activating group) is 1. The van der Waals surface area contributed by atoms with E-state index in [0.717, 1.165) is 5.92 Å². The van der Waals surface area contributed by atoms with E-state index in [1.165, 1.54) is 38.5 Å². The van der Waals surface area contributed by atoms with Crippen LogP contribution < -0.4 is 5.32 Å². The average molecular weight is 213 g/mol. The van der Waals surface area contributed by atoms with Crippen LogP contribution in [-0.2, 0) is 4.79 Å². The highest BCUT2D eigenvalue weighted by atomic mass is 16.1. The molecule has 1 saturated carbocycles. The standard InChI is InChI=1S/C8H16.C5H11NO/c1-2-8-6-4-3-5-7-8;1-3-5(7)4-6-2/h8H,2-7H2,1H3;6H,3-4H2,1-2H3. The summed E-state index contributed by atoms with van der Waals surface area (Å²) in [6.45, 7) is 4.69. The molecule has 0 aromatic carbocycles. The first-order valence-corrected chi connectivity index (χ1v) is 6.40. The van der Waals surface area contributed by atoms with Crippen molar-refractivity contribution in [3.63, 3.8) is 0 Å². The quantitative estimate of drug-likeness (QED) is 0.777. The third-order valence-electron chi connectivity index (χ3n) is 3.07. The molecule has 0 atom stereocenters. The first-order chi connectivity index (χ1) is 7.24. The van der Waals surface area contributed by atoms with E-state index in [9.17, 15) is 4.79 Å². The largest absolute Gasteiger partial charge is 0.313 e. The molecule has 0 amide bonds. The number of carbonyl (C=O) groups excluding carboxylic acids is 1. The molecule has 1 fully saturated rings. The minimum absolute atomic E-state index is 0.266. The molecule has 15 heavy (non-hydrogen) atoms. The van der Waals surface area contributed by atoms with Crippen LogP contribution in [0.15, 0.2) is 0 Å². The zero-order valence-corrected chi connectivity index (χ0v) is 10.6. The topological polar surface area (TPSA) is 29.1 Å². The zero-order valence-electron chi connectivity index (χ0n) is 10.6. The molecule has 1 rings (SSSR count). The fraction of sp³-hybridized carbons (Fsp3) is 0.923. The maximum Gasteiger partial charge on any atom is 0.146 e. The predicted molar refractivity (Wildman–Crippen MR) is 66.1 cm³/mol. The molecular formula is C13H27NO. The lowest BCUT2D eigenvalue weighted by Crippen LogP contribution is -2.16. The van der Waals surface area contributed by atoms with Crippen molar-refractivity contribution in [2.45, 2.75) is 58.8 Å². The number of Topliss-reactive ketones (excluding diaryl/α,β-unsaturated/α-hetero) is 1. The summed E-state index contributed by atoms with van der Waals surface area (Å²) >= 11 is 0. The summed E-state index contributed by atoms with van der Waals surface area (Å²) in [5.74, 6) is 1.35. The van der Waals surface area contributed by atoms with Crippen molar-refractivity contribution in [2.24, 2.45) is 5.92 Å². The lowest BCUT2D eigenvalue weighted by Gasteiger charge is -2.18. The maximum atomic E-state index is 10.3. The molecule has 1 aliphatic rings. The number of hydrogen-bond acceptors (Lipinski definition) is 2. The molecule has 0 spiro atoms. The van der Waals surface area contributed by atoms with Gasteiger partial charge in [-0.15, -0.1) is 0 Å². The van der Waals surface area contributed by atoms with Crippen LogP contribution in [0, 0.1) is 5.92 Å². The molecule has 0 bridgehead atoms. The van der Waals surface area contributed by atoms with Crippen LogP contribution in [0.1, 0.15) is 58.8 Å². The van der Waals surface area contributed by atoms with Crippen LogP contribution in [0.2, 0.25) is 0 Å². The highest BCUT2D eigenvalue weighted by molar-refractivity contribution is 5.79. The predicted octanol–water partition coefficient (Wildman–Crippen LogP) is 3.16. The summed E-state index contributed by atoms with van der Waals surface area (Å²) in [6, 6.07) is 0. The van der Waals surface area contributed by atoms with E-state index >= 15 is 0 Å². The van der Waals surface area contributed by atoms with Gasteiger partial charge in [0.25, 0.3) is 0 Å². The first-order valence-electron chi connectivity index (χ1n) is 6.40. The summed E-state index contributed by atoms with van der Waals surface area (Å²) in [6.07, 6.45) is 9.57. The van der Waals surface area contributed by atoms with Gasteiger partial charge in [-0.05, 0) is 13.0 Å². The van der Waals surface area contributed by atoms with Crippen LogP contribution in [0.3, 0.4) is 0 Å². The molecular weight excluding hydrogens is 186 g/mol. The molecule has 1 aliphatic carbocycles. The third-order valence-corrected chi connectivity index (χ3v) is 3.07. The fourth-order valence-corrected chi connectivity index (χ4v) is 1.92. The van der Waals surface area contributed by atoms with Crippen LogP contribution >= 0.6 is 0 Å². The molecule has 0 saturated heterocycles. The first kappa shape index (κ1) is 14.6. The molecule has 90 valence electrons. The number of nitrogens with one attached hydrogen (secondary N) is 1. The Hall–Kier alpha value is -0.370. The molecule has 0 radical (unpaired) electrons. The van der Waals surface area contributed by atoms with Gasteiger partial charge in [0.05, 0.1) is 6.54 Å². The Morgan fingerprint density at radius 2 is 1.80 bits per heavy atom. The van der Waals surface area contributed by atoms with E-state index in [1.54, 1.807) is 7.05 Å². The van der Waals surface area contributed by atoms with E-state index in [2.05, 4.69) is 12.2 Å². The van der Waals surface area contributed by atoms with E-state index in [1.807, 2.05) is 6.92 Å². The van der Waals surface area contributed by atoms with Gasteiger partial charge in [-0.2, -0.15) is 0 Å². The number of hydrogen-bond donors (Lipinski definition) is 1. The minimum atomic E-state index is 0.266. The second-order valence-corrected chi connectivity index (χ2v) is 4.33. The van der Waals surface area contributed by atoms with E-state index < -0.39 is 0 Å². The summed E-state index contributed by atoms with van der Waals surface area (Å²) < 4.78 is 0. The molecule has 2 nitrogen and oxygen atoms in total. The smallest absolute Gasteiger partial charge is 0.146 e. The Balaban J connectivity index is 0.000000265. The number of ketones is 1. The summed E-state index contributed by atoms with van der Waals surface area (Å²) in [5.41, 5.74) is 0. The lowest BCUT2D eigenvalue weighted by atomic mass is 9.88. The Bertz CT molecular complexity index is 151. The summed E-state index contributed by atoms with van der Waals surface area (Å²) in [4.78, 5) is 10.3. The van der Waals surface area contributed by atoms with E-state index in [-0.39, 0.29) is 5.78 Å². The second-order valence-electron chi connectivity index (χ2n) is 4.33. The van der Waals surface area contributed by atoms with Gasteiger partial charge in [-0.3, -0.25) is 4.79 Å². The van der Waals surface area contributed by atoms with Crippen molar-refractivity contribution < 1.29 is 4.79 Å². The van der Waals surface area contributed by atoms with E-state index in [4.69, 9.17) is 0 Å². The van der Waals surface area contributed by atoms with E-state index in [0.29, 0.717) is 13.0 Å². The third kappa shape index (κ3) is 8.61. The second kappa shape index (κ2) is 10.2. The van der Waals surface area contributed by atoms with Crippen LogP contribution in [0.4, 0.5) is 0 Å². The maximum absolute atomic E-state index is 10.3. The molecule has 0 aromatic rings. The van der Waals surface area contributed by atoms with Crippen molar-refractivity contribution in [2.75, 3.05) is 13.6 Å². The molecule has 0 unspecified atom stereocenters. The van der Waals surface area contributed by atoms with Gasteiger partial charge >= 0.3 is 0 Å². The van der Waals surface area contributed by atoms with Crippen molar-refractivity contribution in [1.29, 1.82) is 0 Å². The summed E-state index contributed by atoms with van der Waals surface area (Å²) in [7, 11) is 1.77. The van der Waals surface area contributed by atoms with Crippen LogP contribution in [0.25, 0.3) is 0 Å². The normalized spacial score (nSPS) is 16.7. The highest BCUT2D eigenvalue weighted by Crippen LogP contribution is 2.25. The van der Waals surface area contributed by atoms with Gasteiger partial charge in [0.15, 0.2) is 0 Å². The van der Waals surface area contributed by atoms with Crippen molar-refractivity contribution >= 4 is 5.78 Å². The monoisotopic (exact) mass is 213 g/mol. The SMILES string of the molecule is CCC(=O)CNC.CCC1CCCCC1. The Morgan fingerprint density at radius 1 is 1.20 bits per heavy atom. The van der Waals surface area contributed by atoms with Crippen molar-refractivity contribution in [1.82, 2.24) is 5.32 Å². The Morgan fingerprint density at radius 3 is 2.07 bits per heavy atom. The van der Waals surface area contributed by atoms with Gasteiger partial charge < -0.3 is 5.32 Å². The number of carbonyl (C=O) groups is 1. The van der Waals surface area contributed by atoms with Gasteiger partial charge in [-0.1, -0.05) is 52.4 Å².